The smallest absolute Gasteiger partial charge is 0.254 e. The van der Waals surface area contributed by atoms with E-state index in [1.54, 1.807) is 12.1 Å². The minimum Gasteiger partial charge on any atom is -0.376 e. The fourth-order valence-electron chi connectivity index (χ4n) is 1.82. The van der Waals surface area contributed by atoms with E-state index in [9.17, 15) is 13.2 Å². The number of aryl methyl sites for hydroxylation is 1. The molecule has 0 radical (unpaired) electrons. The van der Waals surface area contributed by atoms with Crippen LogP contribution >= 0.6 is 11.3 Å². The van der Waals surface area contributed by atoms with Crippen LogP contribution in [0, 0.1) is 0 Å². The average molecular weight is 302 g/mol. The Morgan fingerprint density at radius 3 is 3.00 bits per heavy atom. The molecule has 1 atom stereocenters. The van der Waals surface area contributed by atoms with Crippen LogP contribution < -0.4 is 0 Å². The molecular weight excluding hydrogens is 288 g/mol. The summed E-state index contributed by atoms with van der Waals surface area (Å²) >= 11 is 1.24. The van der Waals surface area contributed by atoms with Crippen molar-refractivity contribution >= 4 is 27.4 Å². The summed E-state index contributed by atoms with van der Waals surface area (Å²) in [6.07, 6.45) is 1.37. The van der Waals surface area contributed by atoms with Crippen molar-refractivity contribution in [2.24, 2.45) is 4.99 Å². The summed E-state index contributed by atoms with van der Waals surface area (Å²) in [7, 11) is -3.62. The molecule has 19 heavy (non-hydrogen) atoms. The highest BCUT2D eigenvalue weighted by molar-refractivity contribution is 7.91. The lowest BCUT2D eigenvalue weighted by Gasteiger charge is -2.30. The number of sulfonamides is 1. The summed E-state index contributed by atoms with van der Waals surface area (Å²) in [5.41, 5.74) is 0. The molecule has 0 bridgehead atoms. The number of carbonyl (C=O) groups excluding carboxylic acids is 1. The zero-order valence-electron chi connectivity index (χ0n) is 10.4. The van der Waals surface area contributed by atoms with Crippen LogP contribution in [0.25, 0.3) is 0 Å². The van der Waals surface area contributed by atoms with Gasteiger partial charge < -0.3 is 4.74 Å². The number of ether oxygens (including phenoxy) is 1. The van der Waals surface area contributed by atoms with Gasteiger partial charge in [0.1, 0.15) is 4.21 Å². The number of rotatable bonds is 4. The molecule has 104 valence electrons. The zero-order chi connectivity index (χ0) is 13.9. The molecule has 1 unspecified atom stereocenters. The summed E-state index contributed by atoms with van der Waals surface area (Å²) < 4.78 is 31.6. The van der Waals surface area contributed by atoms with E-state index in [0.717, 1.165) is 11.3 Å². The van der Waals surface area contributed by atoms with Gasteiger partial charge in [-0.2, -0.15) is 9.30 Å². The summed E-state index contributed by atoms with van der Waals surface area (Å²) in [5, 5.41) is 0. The van der Waals surface area contributed by atoms with E-state index in [2.05, 4.69) is 4.99 Å². The third kappa shape index (κ3) is 2.93. The second-order valence-corrected chi connectivity index (χ2v) is 7.25. The van der Waals surface area contributed by atoms with Gasteiger partial charge in [-0.05, 0) is 18.6 Å². The third-order valence-corrected chi connectivity index (χ3v) is 6.40. The second kappa shape index (κ2) is 5.94. The number of morpholine rings is 1. The maximum atomic E-state index is 12.5. The Bertz CT molecular complexity index is 590. The van der Waals surface area contributed by atoms with Crippen LogP contribution in [0.1, 0.15) is 11.8 Å². The van der Waals surface area contributed by atoms with Crippen LogP contribution in [0.4, 0.5) is 0 Å². The van der Waals surface area contributed by atoms with Gasteiger partial charge in [0, 0.05) is 11.4 Å². The zero-order valence-corrected chi connectivity index (χ0v) is 12.0. The highest BCUT2D eigenvalue weighted by Crippen LogP contribution is 2.27. The molecule has 1 aliphatic heterocycles. The number of thiophene rings is 1. The molecule has 2 rings (SSSR count). The average Bonchev–Trinajstić information content (AvgIpc) is 2.89. The monoisotopic (exact) mass is 302 g/mol. The van der Waals surface area contributed by atoms with Crippen molar-refractivity contribution in [3.8, 4) is 0 Å². The molecule has 1 saturated heterocycles. The van der Waals surface area contributed by atoms with E-state index >= 15 is 0 Å². The first-order chi connectivity index (χ1) is 9.09. The maximum Gasteiger partial charge on any atom is 0.254 e. The standard InChI is InChI=1S/C11H14N2O4S2/c1-2-9-3-4-11(18-9)19(15,16)13-5-6-17-7-10(13)12-8-14/h3-4,10H,2,5-7H2,1H3. The summed E-state index contributed by atoms with van der Waals surface area (Å²) in [6, 6.07) is 3.39. The highest BCUT2D eigenvalue weighted by atomic mass is 32.2. The molecule has 0 spiro atoms. The predicted octanol–water partition coefficient (Wildman–Crippen LogP) is 0.993. The first-order valence-electron chi connectivity index (χ1n) is 5.85. The van der Waals surface area contributed by atoms with Crippen molar-refractivity contribution in [1.29, 1.82) is 0 Å². The number of hydrogen-bond donors (Lipinski definition) is 0. The largest absolute Gasteiger partial charge is 0.376 e. The number of aliphatic imine (C=N–C) groups is 1. The molecule has 0 aromatic carbocycles. The van der Waals surface area contributed by atoms with E-state index in [1.807, 2.05) is 6.92 Å². The lowest BCUT2D eigenvalue weighted by molar-refractivity contribution is 0.0360. The lowest BCUT2D eigenvalue weighted by atomic mass is 10.4. The minimum atomic E-state index is -3.62. The Kier molecular flexibility index (Phi) is 4.49. The molecule has 0 N–H and O–H groups in total. The fraction of sp³-hybridized carbons (Fsp3) is 0.545. The van der Waals surface area contributed by atoms with E-state index in [-0.39, 0.29) is 17.4 Å². The van der Waals surface area contributed by atoms with Crippen molar-refractivity contribution in [3.05, 3.63) is 17.0 Å². The van der Waals surface area contributed by atoms with Gasteiger partial charge in [-0.3, -0.25) is 0 Å². The molecule has 2 heterocycles. The Morgan fingerprint density at radius 1 is 1.58 bits per heavy atom. The van der Waals surface area contributed by atoms with Crippen molar-refractivity contribution in [3.63, 3.8) is 0 Å². The Hall–Kier alpha value is -1.05. The van der Waals surface area contributed by atoms with Crippen molar-refractivity contribution < 1.29 is 17.9 Å². The summed E-state index contributed by atoms with van der Waals surface area (Å²) in [5.74, 6) is 0. The van der Waals surface area contributed by atoms with E-state index in [1.165, 1.54) is 21.7 Å². The van der Waals surface area contributed by atoms with Crippen LogP contribution in [0.15, 0.2) is 21.3 Å². The van der Waals surface area contributed by atoms with Crippen LogP contribution in [-0.2, 0) is 26.0 Å². The van der Waals surface area contributed by atoms with Crippen LogP contribution in [0.2, 0.25) is 0 Å². The van der Waals surface area contributed by atoms with Gasteiger partial charge in [0.25, 0.3) is 10.0 Å². The molecule has 0 saturated carbocycles. The molecule has 1 fully saturated rings. The predicted molar refractivity (Wildman–Crippen MR) is 70.3 cm³/mol. The fourth-order valence-corrected chi connectivity index (χ4v) is 4.74. The molecule has 8 heteroatoms. The third-order valence-electron chi connectivity index (χ3n) is 2.81. The Balaban J connectivity index is 2.33. The number of nitrogens with zero attached hydrogens (tertiary/aromatic N) is 2. The number of hydrogen-bond acceptors (Lipinski definition) is 6. The van der Waals surface area contributed by atoms with E-state index < -0.39 is 16.2 Å². The molecule has 1 aromatic heterocycles. The van der Waals surface area contributed by atoms with Crippen LogP contribution in [0.3, 0.4) is 0 Å². The quantitative estimate of drug-likeness (QED) is 0.614. The minimum absolute atomic E-state index is 0.0838. The maximum absolute atomic E-state index is 12.5. The molecule has 1 aliphatic rings. The molecule has 1 aromatic rings. The highest BCUT2D eigenvalue weighted by Gasteiger charge is 2.35. The van der Waals surface area contributed by atoms with Crippen molar-refractivity contribution in [2.75, 3.05) is 19.8 Å². The first-order valence-corrected chi connectivity index (χ1v) is 8.10. The van der Waals surface area contributed by atoms with E-state index in [0.29, 0.717) is 6.61 Å². The van der Waals surface area contributed by atoms with Crippen LogP contribution in [-0.4, -0.2) is 44.7 Å². The van der Waals surface area contributed by atoms with E-state index in [4.69, 9.17) is 4.74 Å². The topological polar surface area (TPSA) is 76.0 Å². The lowest BCUT2D eigenvalue weighted by Crippen LogP contribution is -2.47. The first kappa shape index (κ1) is 14.4. The summed E-state index contributed by atoms with van der Waals surface area (Å²) in [6.45, 7) is 2.55. The van der Waals surface area contributed by atoms with Gasteiger partial charge in [0.05, 0.1) is 13.2 Å². The molecular formula is C11H14N2O4S2. The van der Waals surface area contributed by atoms with Crippen molar-refractivity contribution in [1.82, 2.24) is 4.31 Å². The van der Waals surface area contributed by atoms with Gasteiger partial charge in [0.2, 0.25) is 6.08 Å². The van der Waals surface area contributed by atoms with Gasteiger partial charge in [-0.1, -0.05) is 6.92 Å². The Labute approximate surface area is 115 Å². The van der Waals surface area contributed by atoms with Gasteiger partial charge >= 0.3 is 0 Å². The summed E-state index contributed by atoms with van der Waals surface area (Å²) in [4.78, 5) is 14.9. The molecule has 0 aliphatic carbocycles. The van der Waals surface area contributed by atoms with Gasteiger partial charge in [0.15, 0.2) is 6.17 Å². The molecule has 6 nitrogen and oxygen atoms in total. The van der Waals surface area contributed by atoms with Gasteiger partial charge in [-0.15, -0.1) is 11.3 Å². The van der Waals surface area contributed by atoms with Crippen LogP contribution in [0.5, 0.6) is 0 Å². The SMILES string of the molecule is CCc1ccc(S(=O)(=O)N2CCOCC2N=C=O)s1. The molecule has 0 amide bonds. The van der Waals surface area contributed by atoms with Gasteiger partial charge in [-0.25, -0.2) is 13.2 Å². The number of isocyanates is 1. The second-order valence-electron chi connectivity index (χ2n) is 3.97. The normalized spacial score (nSPS) is 21.0. The Morgan fingerprint density at radius 2 is 2.37 bits per heavy atom. The van der Waals surface area contributed by atoms with Crippen molar-refractivity contribution in [2.45, 2.75) is 23.7 Å².